The van der Waals surface area contributed by atoms with E-state index in [1.54, 1.807) is 0 Å². The predicted molar refractivity (Wildman–Crippen MR) is 72.5 cm³/mol. The van der Waals surface area contributed by atoms with Gasteiger partial charge in [0.05, 0.1) is 17.3 Å². The molecule has 1 unspecified atom stereocenters. The molecule has 1 heterocycles. The van der Waals surface area contributed by atoms with Gasteiger partial charge in [0.2, 0.25) is 0 Å². The second-order valence-corrected chi connectivity index (χ2v) is 5.65. The van der Waals surface area contributed by atoms with Gasteiger partial charge in [-0.05, 0) is 31.0 Å². The van der Waals surface area contributed by atoms with Crippen LogP contribution in [0.25, 0.3) is 0 Å². The first-order valence-electron chi connectivity index (χ1n) is 7.17. The van der Waals surface area contributed by atoms with Crippen molar-refractivity contribution in [3.05, 3.63) is 29.6 Å². The standard InChI is InChI=1S/C15H18F4O4/c16-13-2-1-11(7-12(13)15(17,18)19)23-9-10(20)8-14(21)3-5-22-6-4-14/h1-2,7,10,20-21H,3-6,8-9H2. The number of halogens is 4. The molecular weight excluding hydrogens is 320 g/mol. The number of aliphatic hydroxyl groups excluding tert-OH is 1. The fourth-order valence-electron chi connectivity index (χ4n) is 2.46. The van der Waals surface area contributed by atoms with E-state index in [1.807, 2.05) is 0 Å². The van der Waals surface area contributed by atoms with E-state index in [1.165, 1.54) is 0 Å². The summed E-state index contributed by atoms with van der Waals surface area (Å²) >= 11 is 0. The first-order valence-corrected chi connectivity index (χ1v) is 7.17. The molecule has 2 N–H and O–H groups in total. The maximum Gasteiger partial charge on any atom is 0.419 e. The van der Waals surface area contributed by atoms with Crippen LogP contribution in [0.4, 0.5) is 17.6 Å². The van der Waals surface area contributed by atoms with Crippen molar-refractivity contribution in [1.29, 1.82) is 0 Å². The van der Waals surface area contributed by atoms with Gasteiger partial charge in [-0.3, -0.25) is 0 Å². The molecule has 1 saturated heterocycles. The summed E-state index contributed by atoms with van der Waals surface area (Å²) in [5, 5.41) is 20.1. The number of hydrogen-bond acceptors (Lipinski definition) is 4. The van der Waals surface area contributed by atoms with Crippen molar-refractivity contribution >= 4 is 0 Å². The van der Waals surface area contributed by atoms with Crippen LogP contribution < -0.4 is 4.74 Å². The summed E-state index contributed by atoms with van der Waals surface area (Å²) in [6.07, 6.45) is -5.10. The minimum Gasteiger partial charge on any atom is -0.491 e. The van der Waals surface area contributed by atoms with E-state index < -0.39 is 29.3 Å². The summed E-state index contributed by atoms with van der Waals surface area (Å²) in [5.41, 5.74) is -2.49. The third-order valence-electron chi connectivity index (χ3n) is 3.72. The van der Waals surface area contributed by atoms with Gasteiger partial charge < -0.3 is 19.7 Å². The molecule has 0 saturated carbocycles. The molecule has 0 spiro atoms. The van der Waals surface area contributed by atoms with E-state index in [0.29, 0.717) is 38.2 Å². The van der Waals surface area contributed by atoms with Gasteiger partial charge in [0, 0.05) is 19.6 Å². The highest BCUT2D eigenvalue weighted by Crippen LogP contribution is 2.33. The van der Waals surface area contributed by atoms with Crippen molar-refractivity contribution < 1.29 is 37.2 Å². The summed E-state index contributed by atoms with van der Waals surface area (Å²) in [6.45, 7) is 0.472. The van der Waals surface area contributed by atoms with Crippen LogP contribution in [0, 0.1) is 5.82 Å². The van der Waals surface area contributed by atoms with Crippen LogP contribution >= 0.6 is 0 Å². The van der Waals surface area contributed by atoms with Crippen LogP contribution in [0.2, 0.25) is 0 Å². The monoisotopic (exact) mass is 338 g/mol. The fourth-order valence-corrected chi connectivity index (χ4v) is 2.46. The van der Waals surface area contributed by atoms with E-state index >= 15 is 0 Å². The number of rotatable bonds is 5. The Morgan fingerprint density at radius 3 is 2.52 bits per heavy atom. The summed E-state index contributed by atoms with van der Waals surface area (Å²) < 4.78 is 61.1. The first kappa shape index (κ1) is 18.0. The number of ether oxygens (including phenoxy) is 2. The number of aliphatic hydroxyl groups is 2. The molecule has 1 aromatic carbocycles. The topological polar surface area (TPSA) is 58.9 Å². The molecule has 2 rings (SSSR count). The summed E-state index contributed by atoms with van der Waals surface area (Å²) in [5.74, 6) is -1.58. The molecule has 0 aliphatic carbocycles. The summed E-state index contributed by atoms with van der Waals surface area (Å²) in [7, 11) is 0. The molecule has 1 aliphatic rings. The van der Waals surface area contributed by atoms with E-state index in [-0.39, 0.29) is 18.8 Å². The second kappa shape index (κ2) is 7.02. The van der Waals surface area contributed by atoms with Gasteiger partial charge in [0.15, 0.2) is 0 Å². The lowest BCUT2D eigenvalue weighted by atomic mass is 9.88. The average Bonchev–Trinajstić information content (AvgIpc) is 2.45. The zero-order chi connectivity index (χ0) is 17.1. The molecule has 1 fully saturated rings. The van der Waals surface area contributed by atoms with Gasteiger partial charge in [-0.2, -0.15) is 13.2 Å². The Labute approximate surface area is 130 Å². The van der Waals surface area contributed by atoms with Crippen molar-refractivity contribution in [3.63, 3.8) is 0 Å². The first-order chi connectivity index (χ1) is 10.7. The highest BCUT2D eigenvalue weighted by Gasteiger charge is 2.35. The van der Waals surface area contributed by atoms with Crippen LogP contribution in [0.15, 0.2) is 18.2 Å². The van der Waals surface area contributed by atoms with Crippen LogP contribution in [0.3, 0.4) is 0 Å². The summed E-state index contributed by atoms with van der Waals surface area (Å²) in [6, 6.07) is 2.27. The van der Waals surface area contributed by atoms with Gasteiger partial charge in [-0.1, -0.05) is 0 Å². The lowest BCUT2D eigenvalue weighted by molar-refractivity contribution is -0.140. The van der Waals surface area contributed by atoms with E-state index in [9.17, 15) is 27.8 Å². The fraction of sp³-hybridized carbons (Fsp3) is 0.600. The van der Waals surface area contributed by atoms with E-state index in [2.05, 4.69) is 0 Å². The number of benzene rings is 1. The lowest BCUT2D eigenvalue weighted by Crippen LogP contribution is -2.40. The van der Waals surface area contributed by atoms with E-state index in [0.717, 1.165) is 6.07 Å². The maximum absolute atomic E-state index is 13.2. The van der Waals surface area contributed by atoms with Crippen molar-refractivity contribution in [2.45, 2.75) is 37.1 Å². The lowest BCUT2D eigenvalue weighted by Gasteiger charge is -2.33. The van der Waals surface area contributed by atoms with E-state index in [4.69, 9.17) is 9.47 Å². The molecule has 130 valence electrons. The number of hydrogen-bond donors (Lipinski definition) is 2. The van der Waals surface area contributed by atoms with Gasteiger partial charge in [-0.15, -0.1) is 0 Å². The minimum absolute atomic E-state index is 0.0314. The SMILES string of the molecule is OC(COc1ccc(F)c(C(F)(F)F)c1)CC1(O)CCOCC1. The highest BCUT2D eigenvalue weighted by atomic mass is 19.4. The zero-order valence-electron chi connectivity index (χ0n) is 12.3. The molecule has 0 bridgehead atoms. The quantitative estimate of drug-likeness (QED) is 0.810. The highest BCUT2D eigenvalue weighted by molar-refractivity contribution is 5.31. The van der Waals surface area contributed by atoms with Gasteiger partial charge in [0.25, 0.3) is 0 Å². The molecule has 1 atom stereocenters. The van der Waals surface area contributed by atoms with Crippen molar-refractivity contribution in [2.24, 2.45) is 0 Å². The molecule has 23 heavy (non-hydrogen) atoms. The second-order valence-electron chi connectivity index (χ2n) is 5.65. The van der Waals surface area contributed by atoms with Gasteiger partial charge in [0.1, 0.15) is 18.2 Å². The molecule has 0 amide bonds. The Hall–Kier alpha value is -1.38. The Morgan fingerprint density at radius 1 is 1.26 bits per heavy atom. The van der Waals surface area contributed by atoms with Gasteiger partial charge in [-0.25, -0.2) is 4.39 Å². The zero-order valence-corrected chi connectivity index (χ0v) is 12.3. The van der Waals surface area contributed by atoms with Crippen LogP contribution in [0.5, 0.6) is 5.75 Å². The third kappa shape index (κ3) is 5.05. The van der Waals surface area contributed by atoms with Crippen LogP contribution in [0.1, 0.15) is 24.8 Å². The largest absolute Gasteiger partial charge is 0.491 e. The van der Waals surface area contributed by atoms with Crippen molar-refractivity contribution in [2.75, 3.05) is 19.8 Å². The molecule has 1 aliphatic heterocycles. The average molecular weight is 338 g/mol. The molecule has 0 radical (unpaired) electrons. The van der Waals surface area contributed by atoms with Crippen molar-refractivity contribution in [1.82, 2.24) is 0 Å². The molecule has 4 nitrogen and oxygen atoms in total. The smallest absolute Gasteiger partial charge is 0.419 e. The van der Waals surface area contributed by atoms with Gasteiger partial charge >= 0.3 is 6.18 Å². The summed E-state index contributed by atoms with van der Waals surface area (Å²) in [4.78, 5) is 0. The van der Waals surface area contributed by atoms with Crippen LogP contribution in [-0.2, 0) is 10.9 Å². The molecule has 8 heteroatoms. The maximum atomic E-state index is 13.2. The predicted octanol–water partition coefficient (Wildman–Crippen LogP) is 2.52. The molecular formula is C15H18F4O4. The van der Waals surface area contributed by atoms with Crippen LogP contribution in [-0.4, -0.2) is 41.7 Å². The molecule has 0 aromatic heterocycles. The minimum atomic E-state index is -4.82. The Kier molecular flexibility index (Phi) is 5.49. The Balaban J connectivity index is 1.92. The molecule has 1 aromatic rings. The Bertz CT molecular complexity index is 527. The van der Waals surface area contributed by atoms with Crippen molar-refractivity contribution in [3.8, 4) is 5.75 Å². The Morgan fingerprint density at radius 2 is 1.91 bits per heavy atom. The number of alkyl halides is 3. The third-order valence-corrected chi connectivity index (χ3v) is 3.72. The normalized spacial score (nSPS) is 19.4.